The van der Waals surface area contributed by atoms with E-state index in [1.54, 1.807) is 12.1 Å². The number of hydrogen-bond acceptors (Lipinski definition) is 7. The van der Waals surface area contributed by atoms with E-state index in [2.05, 4.69) is 10.3 Å². The first-order valence-electron chi connectivity index (χ1n) is 11.9. The first-order valence-corrected chi connectivity index (χ1v) is 11.9. The number of nitrogens with one attached hydrogen (secondary N) is 1. The number of ketones is 3. The van der Waals surface area contributed by atoms with Crippen LogP contribution in [0.5, 0.6) is 5.75 Å². The molecule has 1 aromatic carbocycles. The number of Topliss-reactive ketones (excluding diaryl/α,β-unsaturated/α-hetero) is 3. The maximum atomic E-state index is 13.3. The SMILES string of the molecule is COC[C@H](CC(=O)c1ccccn1)C(=O)N[C@H](C(=O)C[C@H](C(=O)C(F)(F)F)C(C)C)c1ccc(OC)cc1. The third-order valence-electron chi connectivity index (χ3n) is 6.02. The van der Waals surface area contributed by atoms with E-state index < -0.39 is 59.6 Å². The van der Waals surface area contributed by atoms with Gasteiger partial charge in [0.1, 0.15) is 17.5 Å². The number of pyridine rings is 1. The van der Waals surface area contributed by atoms with E-state index in [4.69, 9.17) is 9.47 Å². The van der Waals surface area contributed by atoms with Gasteiger partial charge in [-0.25, -0.2) is 0 Å². The van der Waals surface area contributed by atoms with Gasteiger partial charge in [-0.2, -0.15) is 13.2 Å². The van der Waals surface area contributed by atoms with Crippen LogP contribution in [0.3, 0.4) is 0 Å². The number of halogens is 3. The summed E-state index contributed by atoms with van der Waals surface area (Å²) >= 11 is 0. The van der Waals surface area contributed by atoms with Gasteiger partial charge in [0.25, 0.3) is 0 Å². The minimum atomic E-state index is -5.11. The predicted molar refractivity (Wildman–Crippen MR) is 131 cm³/mol. The molecule has 0 unspecified atom stereocenters. The number of benzene rings is 1. The Kier molecular flexibility index (Phi) is 11.1. The van der Waals surface area contributed by atoms with Gasteiger partial charge in [-0.15, -0.1) is 0 Å². The van der Waals surface area contributed by atoms with Crippen LogP contribution >= 0.6 is 0 Å². The first kappa shape index (κ1) is 30.6. The predicted octanol–water partition coefficient (Wildman–Crippen LogP) is 4.15. The molecule has 1 N–H and O–H groups in total. The zero-order chi connectivity index (χ0) is 28.5. The van der Waals surface area contributed by atoms with Crippen molar-refractivity contribution < 1.29 is 41.8 Å². The molecule has 206 valence electrons. The molecule has 0 bridgehead atoms. The third kappa shape index (κ3) is 8.47. The second-order valence-electron chi connectivity index (χ2n) is 9.09. The van der Waals surface area contributed by atoms with E-state index in [9.17, 15) is 32.3 Å². The van der Waals surface area contributed by atoms with Crippen molar-refractivity contribution in [3.8, 4) is 5.75 Å². The number of amides is 1. The molecule has 0 aliphatic heterocycles. The highest BCUT2D eigenvalue weighted by Crippen LogP contribution is 2.30. The molecular formula is C27H31F3N2O6. The Bertz CT molecular complexity index is 1100. The Balaban J connectivity index is 2.34. The molecule has 1 heterocycles. The van der Waals surface area contributed by atoms with Crippen molar-refractivity contribution in [2.24, 2.45) is 17.8 Å². The van der Waals surface area contributed by atoms with Gasteiger partial charge in [0.15, 0.2) is 11.6 Å². The standard InChI is InChI=1S/C27H31F3N2O6/c1-16(2)20(25(35)27(28,29)30)14-23(34)24(17-8-10-19(38-4)11-9-17)32-26(36)18(15-37-3)13-22(33)21-7-5-6-12-31-21/h5-12,16,18,20,24H,13-15H2,1-4H3,(H,32,36)/t18-,20-,24-/m0/s1. The topological polar surface area (TPSA) is 112 Å². The minimum Gasteiger partial charge on any atom is -0.497 e. The van der Waals surface area contributed by atoms with Crippen LogP contribution in [-0.2, 0) is 19.1 Å². The lowest BCUT2D eigenvalue weighted by Crippen LogP contribution is -2.42. The molecule has 0 saturated heterocycles. The van der Waals surface area contributed by atoms with Crippen LogP contribution in [0, 0.1) is 17.8 Å². The molecule has 0 saturated carbocycles. The summed E-state index contributed by atoms with van der Waals surface area (Å²) in [5.74, 6) is -6.89. The number of ether oxygens (including phenoxy) is 2. The van der Waals surface area contributed by atoms with Crippen molar-refractivity contribution in [2.45, 2.75) is 38.9 Å². The second-order valence-corrected chi connectivity index (χ2v) is 9.09. The number of aromatic nitrogens is 1. The monoisotopic (exact) mass is 536 g/mol. The smallest absolute Gasteiger partial charge is 0.450 e. The van der Waals surface area contributed by atoms with Gasteiger partial charge in [0.05, 0.1) is 19.6 Å². The van der Waals surface area contributed by atoms with Crippen molar-refractivity contribution >= 4 is 23.3 Å². The summed E-state index contributed by atoms with van der Waals surface area (Å²) in [7, 11) is 2.77. The van der Waals surface area contributed by atoms with Gasteiger partial charge >= 0.3 is 6.18 Å². The molecule has 8 nitrogen and oxygen atoms in total. The van der Waals surface area contributed by atoms with Crippen molar-refractivity contribution in [1.29, 1.82) is 0 Å². The zero-order valence-corrected chi connectivity index (χ0v) is 21.6. The van der Waals surface area contributed by atoms with Gasteiger partial charge in [-0.3, -0.25) is 24.2 Å². The van der Waals surface area contributed by atoms with Gasteiger partial charge < -0.3 is 14.8 Å². The second kappa shape index (κ2) is 13.8. The molecule has 0 aliphatic carbocycles. The summed E-state index contributed by atoms with van der Waals surface area (Å²) < 4.78 is 49.8. The molecule has 1 amide bonds. The van der Waals surface area contributed by atoms with E-state index in [0.29, 0.717) is 5.75 Å². The molecule has 38 heavy (non-hydrogen) atoms. The molecule has 2 rings (SSSR count). The lowest BCUT2D eigenvalue weighted by Gasteiger charge is -2.25. The highest BCUT2D eigenvalue weighted by atomic mass is 19.4. The van der Waals surface area contributed by atoms with Gasteiger partial charge in [-0.1, -0.05) is 32.0 Å². The van der Waals surface area contributed by atoms with Crippen LogP contribution in [-0.4, -0.2) is 55.2 Å². The summed E-state index contributed by atoms with van der Waals surface area (Å²) in [6, 6.07) is 9.41. The minimum absolute atomic E-state index is 0.148. The highest BCUT2D eigenvalue weighted by molar-refractivity contribution is 5.99. The fraction of sp³-hybridized carbons (Fsp3) is 0.444. The molecule has 1 aromatic heterocycles. The van der Waals surface area contributed by atoms with Crippen LogP contribution < -0.4 is 10.1 Å². The van der Waals surface area contributed by atoms with Crippen LogP contribution in [0.2, 0.25) is 0 Å². The van der Waals surface area contributed by atoms with Crippen LogP contribution in [0.1, 0.15) is 48.8 Å². The Morgan fingerprint density at radius 2 is 1.63 bits per heavy atom. The van der Waals surface area contributed by atoms with E-state index in [1.807, 2.05) is 0 Å². The molecule has 0 radical (unpaired) electrons. The molecule has 3 atom stereocenters. The Morgan fingerprint density at radius 3 is 2.13 bits per heavy atom. The number of nitrogens with zero attached hydrogens (tertiary/aromatic N) is 1. The maximum Gasteiger partial charge on any atom is 0.450 e. The summed E-state index contributed by atoms with van der Waals surface area (Å²) in [6.07, 6.45) is -4.69. The average Bonchev–Trinajstić information content (AvgIpc) is 2.89. The van der Waals surface area contributed by atoms with E-state index in [0.717, 1.165) is 0 Å². The summed E-state index contributed by atoms with van der Waals surface area (Å²) in [5.41, 5.74) is 0.424. The normalized spacial score (nSPS) is 13.9. The molecule has 0 aliphatic rings. The number of carbonyl (C=O) groups is 4. The van der Waals surface area contributed by atoms with E-state index >= 15 is 0 Å². The molecule has 11 heteroatoms. The van der Waals surface area contributed by atoms with Gasteiger partial charge in [0, 0.05) is 32.1 Å². The van der Waals surface area contributed by atoms with Crippen molar-refractivity contribution in [1.82, 2.24) is 10.3 Å². The quantitative estimate of drug-likeness (QED) is 0.361. The summed E-state index contributed by atoms with van der Waals surface area (Å²) in [4.78, 5) is 55.2. The number of hydrogen-bond donors (Lipinski definition) is 1. The Labute approximate surface area is 218 Å². The lowest BCUT2D eigenvalue weighted by atomic mass is 9.84. The molecular weight excluding hydrogens is 505 g/mol. The van der Waals surface area contributed by atoms with Crippen LogP contribution in [0.15, 0.2) is 48.7 Å². The molecule has 2 aromatic rings. The van der Waals surface area contributed by atoms with Gasteiger partial charge in [-0.05, 0) is 35.7 Å². The van der Waals surface area contributed by atoms with Crippen molar-refractivity contribution in [3.05, 3.63) is 59.9 Å². The lowest BCUT2D eigenvalue weighted by molar-refractivity contribution is -0.177. The largest absolute Gasteiger partial charge is 0.497 e. The summed E-state index contributed by atoms with van der Waals surface area (Å²) in [5, 5.41) is 2.56. The number of carbonyl (C=O) groups excluding carboxylic acids is 4. The molecule has 0 spiro atoms. The average molecular weight is 537 g/mol. The number of rotatable bonds is 14. The van der Waals surface area contributed by atoms with E-state index in [-0.39, 0.29) is 24.3 Å². The highest BCUT2D eigenvalue weighted by Gasteiger charge is 2.45. The van der Waals surface area contributed by atoms with E-state index in [1.165, 1.54) is 64.6 Å². The zero-order valence-electron chi connectivity index (χ0n) is 21.6. The van der Waals surface area contributed by atoms with Crippen LogP contribution in [0.4, 0.5) is 13.2 Å². The Morgan fingerprint density at radius 1 is 0.974 bits per heavy atom. The fourth-order valence-corrected chi connectivity index (χ4v) is 3.87. The molecule has 0 fully saturated rings. The van der Waals surface area contributed by atoms with Crippen LogP contribution in [0.25, 0.3) is 0 Å². The maximum absolute atomic E-state index is 13.3. The summed E-state index contributed by atoms with van der Waals surface area (Å²) in [6.45, 7) is 2.68. The van der Waals surface area contributed by atoms with Gasteiger partial charge in [0.2, 0.25) is 11.7 Å². The van der Waals surface area contributed by atoms with Crippen molar-refractivity contribution in [3.63, 3.8) is 0 Å². The first-order chi connectivity index (χ1) is 17.9. The van der Waals surface area contributed by atoms with Crippen molar-refractivity contribution in [2.75, 3.05) is 20.8 Å². The fourth-order valence-electron chi connectivity index (χ4n) is 3.87. The third-order valence-corrected chi connectivity index (χ3v) is 6.02. The number of methoxy groups -OCH3 is 2. The number of alkyl halides is 3. The Hall–Kier alpha value is -3.60.